The van der Waals surface area contributed by atoms with Gasteiger partial charge in [0.15, 0.2) is 0 Å². The molecule has 2 heterocycles. The summed E-state index contributed by atoms with van der Waals surface area (Å²) in [5.41, 5.74) is 5.21. The van der Waals surface area contributed by atoms with Crippen molar-refractivity contribution in [1.29, 1.82) is 0 Å². The quantitative estimate of drug-likeness (QED) is 0.751. The zero-order valence-electron chi connectivity index (χ0n) is 11.3. The smallest absolute Gasteiger partial charge is 0.143 e. The third kappa shape index (κ3) is 2.37. The Morgan fingerprint density at radius 3 is 2.90 bits per heavy atom. The van der Waals surface area contributed by atoms with Crippen molar-refractivity contribution in [2.24, 2.45) is 0 Å². The van der Waals surface area contributed by atoms with Crippen LogP contribution < -0.4 is 5.32 Å². The molecule has 0 spiro atoms. The normalized spacial score (nSPS) is 10.7. The van der Waals surface area contributed by atoms with Gasteiger partial charge in [-0.15, -0.1) is 5.10 Å². The Morgan fingerprint density at radius 1 is 1.30 bits per heavy atom. The van der Waals surface area contributed by atoms with E-state index >= 15 is 0 Å². The lowest BCUT2D eigenvalue weighted by Crippen LogP contribution is -2.04. The lowest BCUT2D eigenvalue weighted by molar-refractivity contribution is 0.789. The molecular formula is C13H15N7. The fourth-order valence-electron chi connectivity index (χ4n) is 1.97. The van der Waals surface area contributed by atoms with E-state index < -0.39 is 0 Å². The minimum Gasteiger partial charge on any atom is -0.379 e. The second kappa shape index (κ2) is 5.12. The Balaban J connectivity index is 1.82. The first-order chi connectivity index (χ1) is 9.74. The fourth-order valence-corrected chi connectivity index (χ4v) is 1.97. The molecule has 0 radical (unpaired) electrons. The van der Waals surface area contributed by atoms with Gasteiger partial charge in [0.2, 0.25) is 0 Å². The molecule has 7 heteroatoms. The van der Waals surface area contributed by atoms with Crippen molar-refractivity contribution in [1.82, 2.24) is 30.2 Å². The van der Waals surface area contributed by atoms with Gasteiger partial charge in [0.25, 0.3) is 0 Å². The van der Waals surface area contributed by atoms with E-state index in [2.05, 4.69) is 37.7 Å². The first-order valence-electron chi connectivity index (χ1n) is 6.31. The molecule has 0 unspecified atom stereocenters. The third-order valence-corrected chi connectivity index (χ3v) is 3.22. The van der Waals surface area contributed by atoms with Crippen LogP contribution in [0.4, 0.5) is 5.69 Å². The largest absolute Gasteiger partial charge is 0.379 e. The van der Waals surface area contributed by atoms with Gasteiger partial charge in [0.1, 0.15) is 6.33 Å². The van der Waals surface area contributed by atoms with Crippen molar-refractivity contribution in [2.45, 2.75) is 20.4 Å². The predicted molar refractivity (Wildman–Crippen MR) is 74.5 cm³/mol. The highest BCUT2D eigenvalue weighted by Gasteiger charge is 2.05. The van der Waals surface area contributed by atoms with Gasteiger partial charge in [-0.2, -0.15) is 0 Å². The molecule has 0 atom stereocenters. The standard InChI is InChI=1S/C13H15N7/c1-9-3-4-11(20-8-17-18-19-20)5-12(9)14-6-13-10(2)15-7-16-13/h3-5,7-8,14H,6H2,1-2H3,(H,15,16). The summed E-state index contributed by atoms with van der Waals surface area (Å²) in [5, 5.41) is 14.6. The van der Waals surface area contributed by atoms with Crippen molar-refractivity contribution in [3.8, 4) is 5.69 Å². The van der Waals surface area contributed by atoms with Gasteiger partial charge in [-0.3, -0.25) is 0 Å². The van der Waals surface area contributed by atoms with Crippen LogP contribution in [0.25, 0.3) is 5.69 Å². The van der Waals surface area contributed by atoms with Crippen LogP contribution in [0.5, 0.6) is 0 Å². The summed E-state index contributed by atoms with van der Waals surface area (Å²) in [5.74, 6) is 0. The fraction of sp³-hybridized carbons (Fsp3) is 0.231. The Labute approximate surface area is 116 Å². The van der Waals surface area contributed by atoms with Gasteiger partial charge >= 0.3 is 0 Å². The molecule has 0 fully saturated rings. The number of imidazole rings is 1. The van der Waals surface area contributed by atoms with Crippen LogP contribution in [-0.4, -0.2) is 30.2 Å². The molecule has 0 aliphatic heterocycles. The number of tetrazole rings is 1. The third-order valence-electron chi connectivity index (χ3n) is 3.22. The first kappa shape index (κ1) is 12.3. The van der Waals surface area contributed by atoms with Crippen LogP contribution >= 0.6 is 0 Å². The molecular weight excluding hydrogens is 254 g/mol. The number of aryl methyl sites for hydroxylation is 2. The number of nitrogens with one attached hydrogen (secondary N) is 2. The zero-order valence-corrected chi connectivity index (χ0v) is 11.3. The molecule has 2 N–H and O–H groups in total. The number of hydrogen-bond donors (Lipinski definition) is 2. The summed E-state index contributed by atoms with van der Waals surface area (Å²) < 4.78 is 1.63. The molecule has 0 aliphatic rings. The number of nitrogens with zero attached hydrogens (tertiary/aromatic N) is 5. The van der Waals surface area contributed by atoms with Gasteiger partial charge in [-0.1, -0.05) is 6.07 Å². The first-order valence-corrected chi connectivity index (χ1v) is 6.31. The molecule has 7 nitrogen and oxygen atoms in total. The zero-order chi connectivity index (χ0) is 13.9. The van der Waals surface area contributed by atoms with E-state index in [9.17, 15) is 0 Å². The number of aromatic amines is 1. The van der Waals surface area contributed by atoms with Gasteiger partial charge < -0.3 is 10.3 Å². The van der Waals surface area contributed by atoms with Crippen molar-refractivity contribution in [3.63, 3.8) is 0 Å². The van der Waals surface area contributed by atoms with Crippen LogP contribution in [-0.2, 0) is 6.54 Å². The Bertz CT molecular complexity index is 699. The number of aromatic nitrogens is 6. The van der Waals surface area contributed by atoms with E-state index in [-0.39, 0.29) is 0 Å². The van der Waals surface area contributed by atoms with Crippen LogP contribution in [0.15, 0.2) is 30.9 Å². The van der Waals surface area contributed by atoms with Crippen LogP contribution in [0.1, 0.15) is 17.0 Å². The molecule has 1 aromatic carbocycles. The minimum absolute atomic E-state index is 0.676. The predicted octanol–water partition coefficient (Wildman–Crippen LogP) is 1.61. The van der Waals surface area contributed by atoms with Crippen molar-refractivity contribution < 1.29 is 0 Å². The molecule has 2 aromatic heterocycles. The maximum atomic E-state index is 4.28. The Kier molecular flexibility index (Phi) is 3.16. The van der Waals surface area contributed by atoms with E-state index in [0.29, 0.717) is 6.54 Å². The summed E-state index contributed by atoms with van der Waals surface area (Å²) >= 11 is 0. The van der Waals surface area contributed by atoms with E-state index in [1.807, 2.05) is 25.1 Å². The molecule has 0 aliphatic carbocycles. The highest BCUT2D eigenvalue weighted by atomic mass is 15.5. The molecule has 0 saturated heterocycles. The van der Waals surface area contributed by atoms with Crippen LogP contribution in [0.2, 0.25) is 0 Å². The number of anilines is 1. The summed E-state index contributed by atoms with van der Waals surface area (Å²) in [6.45, 7) is 4.74. The molecule has 0 bridgehead atoms. The SMILES string of the molecule is Cc1ccc(-n2cnnn2)cc1NCc1nc[nH]c1C. The highest BCUT2D eigenvalue weighted by molar-refractivity contribution is 5.56. The maximum Gasteiger partial charge on any atom is 0.143 e. The van der Waals surface area contributed by atoms with Gasteiger partial charge in [0.05, 0.1) is 24.3 Å². The summed E-state index contributed by atoms with van der Waals surface area (Å²) in [7, 11) is 0. The van der Waals surface area contributed by atoms with Crippen LogP contribution in [0.3, 0.4) is 0 Å². The van der Waals surface area contributed by atoms with Crippen molar-refractivity contribution in [3.05, 3.63) is 47.8 Å². The summed E-state index contributed by atoms with van der Waals surface area (Å²) in [6, 6.07) is 6.04. The Morgan fingerprint density at radius 2 is 2.20 bits per heavy atom. The van der Waals surface area contributed by atoms with Gasteiger partial charge in [-0.05, 0) is 42.0 Å². The average Bonchev–Trinajstić information content (AvgIpc) is 3.10. The monoisotopic (exact) mass is 269 g/mol. The second-order valence-electron chi connectivity index (χ2n) is 4.58. The highest BCUT2D eigenvalue weighted by Crippen LogP contribution is 2.19. The van der Waals surface area contributed by atoms with E-state index in [1.54, 1.807) is 17.3 Å². The molecule has 102 valence electrons. The number of H-pyrrole nitrogens is 1. The average molecular weight is 269 g/mol. The second-order valence-corrected chi connectivity index (χ2v) is 4.58. The number of benzene rings is 1. The molecule has 0 saturated carbocycles. The summed E-state index contributed by atoms with van der Waals surface area (Å²) in [4.78, 5) is 7.35. The lowest BCUT2D eigenvalue weighted by atomic mass is 10.1. The van der Waals surface area contributed by atoms with E-state index in [1.165, 1.54) is 0 Å². The molecule has 0 amide bonds. The summed E-state index contributed by atoms with van der Waals surface area (Å²) in [6.07, 6.45) is 3.28. The van der Waals surface area contributed by atoms with Crippen molar-refractivity contribution >= 4 is 5.69 Å². The van der Waals surface area contributed by atoms with E-state index in [0.717, 1.165) is 28.3 Å². The van der Waals surface area contributed by atoms with Crippen LogP contribution in [0, 0.1) is 13.8 Å². The maximum absolute atomic E-state index is 4.28. The molecule has 20 heavy (non-hydrogen) atoms. The molecule has 3 rings (SSSR count). The number of hydrogen-bond acceptors (Lipinski definition) is 5. The Hall–Kier alpha value is -2.70. The van der Waals surface area contributed by atoms with E-state index in [4.69, 9.17) is 0 Å². The lowest BCUT2D eigenvalue weighted by Gasteiger charge is -2.10. The van der Waals surface area contributed by atoms with Gasteiger partial charge in [-0.25, -0.2) is 9.67 Å². The van der Waals surface area contributed by atoms with Crippen molar-refractivity contribution in [2.75, 3.05) is 5.32 Å². The minimum atomic E-state index is 0.676. The van der Waals surface area contributed by atoms with Gasteiger partial charge in [0, 0.05) is 11.4 Å². The topological polar surface area (TPSA) is 84.3 Å². The number of rotatable bonds is 4. The molecule has 3 aromatic rings.